The quantitative estimate of drug-likeness (QED) is 0.234. The van der Waals surface area contributed by atoms with E-state index in [1.807, 2.05) is 0 Å². The first-order valence-corrected chi connectivity index (χ1v) is 12.8. The zero-order valence-electron chi connectivity index (χ0n) is 19.7. The summed E-state index contributed by atoms with van der Waals surface area (Å²) in [6, 6.07) is 3.99. The molecule has 1 heterocycles. The van der Waals surface area contributed by atoms with E-state index in [0.29, 0.717) is 47.6 Å². The Morgan fingerprint density at radius 1 is 1.17 bits per heavy atom. The molecule has 190 valence electrons. The van der Waals surface area contributed by atoms with Gasteiger partial charge in [0.15, 0.2) is 0 Å². The number of amides is 3. The molecule has 2 fully saturated rings. The molecule has 1 aliphatic heterocycles. The summed E-state index contributed by atoms with van der Waals surface area (Å²) in [5, 5.41) is 12.4. The van der Waals surface area contributed by atoms with Gasteiger partial charge >= 0.3 is 0 Å². The Balaban J connectivity index is 1.63. The van der Waals surface area contributed by atoms with Crippen molar-refractivity contribution in [3.05, 3.63) is 39.9 Å². The topological polar surface area (TPSA) is 116 Å². The van der Waals surface area contributed by atoms with E-state index in [2.05, 4.69) is 21.3 Å². The normalized spacial score (nSPS) is 19.3. The van der Waals surface area contributed by atoms with Crippen molar-refractivity contribution in [3.63, 3.8) is 0 Å². The van der Waals surface area contributed by atoms with Gasteiger partial charge in [-0.2, -0.15) is 0 Å². The number of ketones is 1. The maximum Gasteiger partial charge on any atom is 0.289 e. The van der Waals surface area contributed by atoms with Crippen molar-refractivity contribution < 1.29 is 19.2 Å². The Kier molecular flexibility index (Phi) is 10.1. The molecule has 8 nitrogen and oxygen atoms in total. The highest BCUT2D eigenvalue weighted by atomic mass is 35.5. The minimum atomic E-state index is -0.808. The van der Waals surface area contributed by atoms with Crippen molar-refractivity contribution in [2.75, 3.05) is 19.6 Å². The summed E-state index contributed by atoms with van der Waals surface area (Å²) in [5.74, 6) is -1.46. The van der Waals surface area contributed by atoms with Gasteiger partial charge in [-0.25, -0.2) is 0 Å². The largest absolute Gasteiger partial charge is 0.356 e. The van der Waals surface area contributed by atoms with Crippen LogP contribution in [0, 0.1) is 11.8 Å². The predicted molar refractivity (Wildman–Crippen MR) is 136 cm³/mol. The first kappa shape index (κ1) is 27.2. The summed E-state index contributed by atoms with van der Waals surface area (Å²) in [7, 11) is 0. The van der Waals surface area contributed by atoms with E-state index in [9.17, 15) is 19.2 Å². The second-order valence-electron chi connectivity index (χ2n) is 9.08. The van der Waals surface area contributed by atoms with Crippen molar-refractivity contribution in [1.29, 1.82) is 0 Å². The molecule has 1 saturated heterocycles. The van der Waals surface area contributed by atoms with E-state index in [1.54, 1.807) is 31.2 Å². The minimum Gasteiger partial charge on any atom is -0.356 e. The SMILES string of the molecule is CCNC(=O)C(=O)C(C[C@@H]1CCNC1=O)NC[C@H](CC1CC1)NC(=O)/C=C/c1ccc(Cl)cc1Cl. The van der Waals surface area contributed by atoms with Crippen molar-refractivity contribution >= 4 is 52.8 Å². The summed E-state index contributed by atoms with van der Waals surface area (Å²) in [4.78, 5) is 49.7. The molecule has 1 aromatic rings. The lowest BCUT2D eigenvalue weighted by Gasteiger charge is -2.24. The Morgan fingerprint density at radius 3 is 2.57 bits per heavy atom. The second kappa shape index (κ2) is 13.0. The fraction of sp³-hybridized carbons (Fsp3) is 0.520. The molecule has 3 rings (SSSR count). The first-order valence-electron chi connectivity index (χ1n) is 12.0. The highest BCUT2D eigenvalue weighted by Crippen LogP contribution is 2.33. The summed E-state index contributed by atoms with van der Waals surface area (Å²) in [6.45, 7) is 2.95. The third-order valence-corrected chi connectivity index (χ3v) is 6.77. The van der Waals surface area contributed by atoms with Crippen LogP contribution in [0.25, 0.3) is 6.08 Å². The van der Waals surface area contributed by atoms with Crippen molar-refractivity contribution in [2.45, 2.75) is 51.1 Å². The van der Waals surface area contributed by atoms with Gasteiger partial charge in [0.2, 0.25) is 17.6 Å². The number of Topliss-reactive ketones (excluding diaryl/α,β-unsaturated/α-hetero) is 1. The van der Waals surface area contributed by atoms with Gasteiger partial charge in [0.05, 0.1) is 6.04 Å². The summed E-state index contributed by atoms with van der Waals surface area (Å²) < 4.78 is 0. The summed E-state index contributed by atoms with van der Waals surface area (Å²) >= 11 is 12.1. The van der Waals surface area contributed by atoms with Crippen LogP contribution in [0.15, 0.2) is 24.3 Å². The van der Waals surface area contributed by atoms with E-state index in [-0.39, 0.29) is 30.2 Å². The number of hydrogen-bond donors (Lipinski definition) is 4. The molecule has 35 heavy (non-hydrogen) atoms. The minimum absolute atomic E-state index is 0.102. The van der Waals surface area contributed by atoms with Crippen LogP contribution in [0.4, 0.5) is 0 Å². The number of carbonyl (C=O) groups is 4. The van der Waals surface area contributed by atoms with Gasteiger partial charge in [-0.05, 0) is 55.9 Å². The van der Waals surface area contributed by atoms with Gasteiger partial charge < -0.3 is 21.3 Å². The van der Waals surface area contributed by atoms with Crippen molar-refractivity contribution in [3.8, 4) is 0 Å². The number of likely N-dealkylation sites (N-methyl/N-ethyl adjacent to an activating group) is 1. The van der Waals surface area contributed by atoms with E-state index in [1.165, 1.54) is 6.08 Å². The Bertz CT molecular complexity index is 980. The first-order chi connectivity index (χ1) is 16.8. The molecule has 2 aliphatic rings. The predicted octanol–water partition coefficient (Wildman–Crippen LogP) is 2.48. The number of carbonyl (C=O) groups excluding carboxylic acids is 4. The molecule has 1 aliphatic carbocycles. The maximum atomic E-state index is 12.8. The van der Waals surface area contributed by atoms with Gasteiger partial charge in [-0.15, -0.1) is 0 Å². The smallest absolute Gasteiger partial charge is 0.289 e. The molecule has 3 amide bonds. The standard InChI is InChI=1S/C25H32Cl2N4O4/c1-2-28-25(35)23(33)21(12-17-9-10-29-24(17)34)30-14-19(11-15-3-4-15)31-22(32)8-6-16-5-7-18(26)13-20(16)27/h5-8,13,15,17,19,21,30H,2-4,9-12,14H2,1H3,(H,28,35)(H,29,34)(H,31,32)/b8-6+/t17-,19-,21?/m0/s1. The molecule has 10 heteroatoms. The Hall–Kier alpha value is -2.42. The molecule has 1 saturated carbocycles. The highest BCUT2D eigenvalue weighted by molar-refractivity contribution is 6.38. The lowest BCUT2D eigenvalue weighted by atomic mass is 9.95. The van der Waals surface area contributed by atoms with Crippen LogP contribution in [0.3, 0.4) is 0 Å². The molecule has 1 aromatic carbocycles. The highest BCUT2D eigenvalue weighted by Gasteiger charge is 2.34. The van der Waals surface area contributed by atoms with Crippen LogP contribution in [0.1, 0.15) is 44.6 Å². The zero-order valence-corrected chi connectivity index (χ0v) is 21.3. The Labute approximate surface area is 215 Å². The van der Waals surface area contributed by atoms with Crippen LogP contribution in [-0.4, -0.2) is 55.2 Å². The number of nitrogens with one attached hydrogen (secondary N) is 4. The lowest BCUT2D eigenvalue weighted by Crippen LogP contribution is -2.51. The van der Waals surface area contributed by atoms with Gasteiger partial charge in [-0.1, -0.05) is 42.1 Å². The number of benzene rings is 1. The summed E-state index contributed by atoms with van der Waals surface area (Å²) in [6.07, 6.45) is 6.87. The monoisotopic (exact) mass is 522 g/mol. The third kappa shape index (κ3) is 8.63. The molecule has 0 aromatic heterocycles. The fourth-order valence-electron chi connectivity index (χ4n) is 4.13. The average molecular weight is 523 g/mol. The van der Waals surface area contributed by atoms with E-state index < -0.39 is 17.7 Å². The van der Waals surface area contributed by atoms with Crippen molar-refractivity contribution in [2.24, 2.45) is 11.8 Å². The maximum absolute atomic E-state index is 12.8. The molecular formula is C25H32Cl2N4O4. The lowest BCUT2D eigenvalue weighted by molar-refractivity contribution is -0.139. The van der Waals surface area contributed by atoms with Gasteiger partial charge in [0.25, 0.3) is 5.91 Å². The van der Waals surface area contributed by atoms with E-state index in [0.717, 1.165) is 19.3 Å². The van der Waals surface area contributed by atoms with E-state index in [4.69, 9.17) is 23.2 Å². The van der Waals surface area contributed by atoms with Crippen molar-refractivity contribution in [1.82, 2.24) is 21.3 Å². The second-order valence-corrected chi connectivity index (χ2v) is 9.92. The molecule has 0 bridgehead atoms. The molecule has 4 N–H and O–H groups in total. The van der Waals surface area contributed by atoms with Crippen LogP contribution >= 0.6 is 23.2 Å². The van der Waals surface area contributed by atoms with Gasteiger partial charge in [0, 0.05) is 47.7 Å². The number of hydrogen-bond acceptors (Lipinski definition) is 5. The summed E-state index contributed by atoms with van der Waals surface area (Å²) in [5.41, 5.74) is 0.672. The zero-order chi connectivity index (χ0) is 25.4. The number of rotatable bonds is 13. The molecule has 0 radical (unpaired) electrons. The van der Waals surface area contributed by atoms with Crippen LogP contribution in [0.2, 0.25) is 10.0 Å². The van der Waals surface area contributed by atoms with E-state index >= 15 is 0 Å². The molecule has 3 atom stereocenters. The fourth-order valence-corrected chi connectivity index (χ4v) is 4.60. The van der Waals surface area contributed by atoms with Crippen LogP contribution < -0.4 is 21.3 Å². The van der Waals surface area contributed by atoms with Crippen LogP contribution in [0.5, 0.6) is 0 Å². The van der Waals surface area contributed by atoms with Crippen LogP contribution in [-0.2, 0) is 19.2 Å². The van der Waals surface area contributed by atoms with Gasteiger partial charge in [-0.3, -0.25) is 19.2 Å². The average Bonchev–Trinajstić information content (AvgIpc) is 3.54. The third-order valence-electron chi connectivity index (χ3n) is 6.21. The molecular weight excluding hydrogens is 491 g/mol. The molecule has 0 spiro atoms. The number of halogens is 2. The molecule has 1 unspecified atom stereocenters. The van der Waals surface area contributed by atoms with Gasteiger partial charge in [0.1, 0.15) is 0 Å². The Morgan fingerprint density at radius 2 is 1.94 bits per heavy atom.